The SMILES string of the molecule is CCCCCCCC=CC(=O)C[C@@H]1O[C@H](CO)[C@@H](O)[C@H](O)[C@H]1O. The van der Waals surface area contributed by atoms with Crippen molar-refractivity contribution in [3.8, 4) is 0 Å². The van der Waals surface area contributed by atoms with Gasteiger partial charge < -0.3 is 25.2 Å². The summed E-state index contributed by atoms with van der Waals surface area (Å²) in [5, 5.41) is 38.3. The van der Waals surface area contributed by atoms with Crippen LogP contribution in [-0.4, -0.2) is 63.3 Å². The summed E-state index contributed by atoms with van der Waals surface area (Å²) in [6.07, 6.45) is 3.83. The van der Waals surface area contributed by atoms with Gasteiger partial charge in [0.25, 0.3) is 0 Å². The molecule has 0 bridgehead atoms. The minimum Gasteiger partial charge on any atom is -0.394 e. The van der Waals surface area contributed by atoms with Gasteiger partial charge in [0, 0.05) is 6.42 Å². The molecule has 6 nitrogen and oxygen atoms in total. The molecule has 0 radical (unpaired) electrons. The molecule has 1 saturated heterocycles. The van der Waals surface area contributed by atoms with Crippen molar-refractivity contribution < 1.29 is 30.0 Å². The van der Waals surface area contributed by atoms with E-state index in [1.807, 2.05) is 6.08 Å². The van der Waals surface area contributed by atoms with Gasteiger partial charge in [-0.15, -0.1) is 0 Å². The Morgan fingerprint density at radius 2 is 1.65 bits per heavy atom. The van der Waals surface area contributed by atoms with Crippen molar-refractivity contribution in [1.29, 1.82) is 0 Å². The van der Waals surface area contributed by atoms with Crippen LogP contribution in [0.2, 0.25) is 0 Å². The lowest BCUT2D eigenvalue weighted by Crippen LogP contribution is -2.58. The Morgan fingerprint density at radius 1 is 1.00 bits per heavy atom. The van der Waals surface area contributed by atoms with Crippen LogP contribution in [0, 0.1) is 0 Å². The smallest absolute Gasteiger partial charge is 0.158 e. The number of hydrogen-bond donors (Lipinski definition) is 4. The topological polar surface area (TPSA) is 107 Å². The fourth-order valence-corrected chi connectivity index (χ4v) is 2.69. The van der Waals surface area contributed by atoms with Gasteiger partial charge in [0.2, 0.25) is 0 Å². The van der Waals surface area contributed by atoms with Crippen LogP contribution >= 0.6 is 0 Å². The molecule has 0 saturated carbocycles. The predicted octanol–water partition coefficient (Wildman–Crippen LogP) is 0.705. The molecule has 0 aliphatic carbocycles. The van der Waals surface area contributed by atoms with Crippen molar-refractivity contribution >= 4 is 5.78 Å². The van der Waals surface area contributed by atoms with E-state index in [4.69, 9.17) is 9.84 Å². The zero-order valence-electron chi connectivity index (χ0n) is 13.8. The number of carbonyl (C=O) groups is 1. The van der Waals surface area contributed by atoms with Crippen molar-refractivity contribution in [2.75, 3.05) is 6.61 Å². The van der Waals surface area contributed by atoms with Crippen LogP contribution in [0.1, 0.15) is 51.9 Å². The first kappa shape index (κ1) is 20.3. The number of rotatable bonds is 10. The Labute approximate surface area is 137 Å². The van der Waals surface area contributed by atoms with E-state index in [2.05, 4.69) is 6.92 Å². The molecule has 0 amide bonds. The van der Waals surface area contributed by atoms with Gasteiger partial charge in [-0.1, -0.05) is 38.7 Å². The number of aliphatic hydroxyl groups excluding tert-OH is 4. The average molecular weight is 330 g/mol. The predicted molar refractivity (Wildman–Crippen MR) is 85.9 cm³/mol. The molecule has 134 valence electrons. The molecule has 1 fully saturated rings. The third-order valence-corrected chi connectivity index (χ3v) is 4.17. The Hall–Kier alpha value is -0.790. The first-order valence-corrected chi connectivity index (χ1v) is 8.51. The van der Waals surface area contributed by atoms with E-state index >= 15 is 0 Å². The normalized spacial score (nSPS) is 31.6. The molecule has 0 unspecified atom stereocenters. The lowest BCUT2D eigenvalue weighted by molar-refractivity contribution is -0.229. The molecular weight excluding hydrogens is 300 g/mol. The van der Waals surface area contributed by atoms with Crippen molar-refractivity contribution in [3.63, 3.8) is 0 Å². The minimum atomic E-state index is -1.43. The van der Waals surface area contributed by atoms with Crippen molar-refractivity contribution in [2.45, 2.75) is 82.4 Å². The molecule has 0 aromatic carbocycles. The Bertz CT molecular complexity index is 368. The zero-order valence-corrected chi connectivity index (χ0v) is 13.8. The van der Waals surface area contributed by atoms with E-state index in [1.165, 1.54) is 25.3 Å². The van der Waals surface area contributed by atoms with Crippen molar-refractivity contribution in [1.82, 2.24) is 0 Å². The number of hydrogen-bond acceptors (Lipinski definition) is 6. The maximum absolute atomic E-state index is 11.9. The summed E-state index contributed by atoms with van der Waals surface area (Å²) in [7, 11) is 0. The van der Waals surface area contributed by atoms with Crippen molar-refractivity contribution in [2.24, 2.45) is 0 Å². The molecule has 1 aliphatic rings. The van der Waals surface area contributed by atoms with Gasteiger partial charge in [-0.2, -0.15) is 0 Å². The largest absolute Gasteiger partial charge is 0.394 e. The summed E-state index contributed by atoms with van der Waals surface area (Å²) in [5.74, 6) is -0.206. The van der Waals surface area contributed by atoms with Crippen molar-refractivity contribution in [3.05, 3.63) is 12.2 Å². The molecular formula is C17H30O6. The van der Waals surface area contributed by atoms with Crippen LogP contribution < -0.4 is 0 Å². The lowest BCUT2D eigenvalue weighted by atomic mass is 9.92. The molecule has 6 heteroatoms. The highest BCUT2D eigenvalue weighted by molar-refractivity contribution is 5.90. The Kier molecular flexibility index (Phi) is 9.59. The lowest BCUT2D eigenvalue weighted by Gasteiger charge is -2.39. The summed E-state index contributed by atoms with van der Waals surface area (Å²) in [4.78, 5) is 11.9. The zero-order chi connectivity index (χ0) is 17.2. The molecule has 0 aromatic rings. The highest BCUT2D eigenvalue weighted by Gasteiger charge is 2.43. The fraction of sp³-hybridized carbons (Fsp3) is 0.824. The number of unbranched alkanes of at least 4 members (excludes halogenated alkanes) is 5. The maximum atomic E-state index is 11.9. The van der Waals surface area contributed by atoms with Crippen LogP contribution in [0.3, 0.4) is 0 Å². The van der Waals surface area contributed by atoms with E-state index in [9.17, 15) is 20.1 Å². The summed E-state index contributed by atoms with van der Waals surface area (Å²) >= 11 is 0. The van der Waals surface area contributed by atoms with Crippen LogP contribution in [0.25, 0.3) is 0 Å². The van der Waals surface area contributed by atoms with E-state index in [1.54, 1.807) is 0 Å². The third kappa shape index (κ3) is 6.69. The number of ether oxygens (including phenoxy) is 1. The van der Waals surface area contributed by atoms with E-state index in [-0.39, 0.29) is 12.2 Å². The standard InChI is InChI=1S/C17H30O6/c1-2-3-4-5-6-7-8-9-12(19)10-13-15(20)17(22)16(21)14(11-18)23-13/h8-9,13-18,20-22H,2-7,10-11H2,1H3/t13-,14+,15-,16+,17+/m0/s1. The molecule has 5 atom stereocenters. The molecule has 0 aromatic heterocycles. The highest BCUT2D eigenvalue weighted by atomic mass is 16.5. The molecule has 1 heterocycles. The van der Waals surface area contributed by atoms with Gasteiger partial charge in [0.15, 0.2) is 5.78 Å². The third-order valence-electron chi connectivity index (χ3n) is 4.17. The van der Waals surface area contributed by atoms with Crippen LogP contribution in [-0.2, 0) is 9.53 Å². The second-order valence-corrected chi connectivity index (χ2v) is 6.14. The summed E-state index contributed by atoms with van der Waals surface area (Å²) in [6, 6.07) is 0. The van der Waals surface area contributed by atoms with Gasteiger partial charge in [-0.25, -0.2) is 0 Å². The summed E-state index contributed by atoms with van der Waals surface area (Å²) < 4.78 is 5.31. The quantitative estimate of drug-likeness (QED) is 0.347. The first-order chi connectivity index (χ1) is 11.0. The average Bonchev–Trinajstić information content (AvgIpc) is 2.54. The second-order valence-electron chi connectivity index (χ2n) is 6.14. The van der Waals surface area contributed by atoms with E-state index in [0.717, 1.165) is 19.3 Å². The molecule has 23 heavy (non-hydrogen) atoms. The van der Waals surface area contributed by atoms with Gasteiger partial charge in [0.05, 0.1) is 12.7 Å². The first-order valence-electron chi connectivity index (χ1n) is 8.51. The van der Waals surface area contributed by atoms with Gasteiger partial charge in [0.1, 0.15) is 24.4 Å². The fourth-order valence-electron chi connectivity index (χ4n) is 2.69. The highest BCUT2D eigenvalue weighted by Crippen LogP contribution is 2.23. The Morgan fingerprint density at radius 3 is 2.30 bits per heavy atom. The van der Waals surface area contributed by atoms with Crippen LogP contribution in [0.15, 0.2) is 12.2 Å². The number of carbonyl (C=O) groups excluding carboxylic acids is 1. The van der Waals surface area contributed by atoms with Gasteiger partial charge in [-0.05, 0) is 18.9 Å². The number of aliphatic hydroxyl groups is 4. The monoisotopic (exact) mass is 330 g/mol. The van der Waals surface area contributed by atoms with E-state index < -0.39 is 37.1 Å². The van der Waals surface area contributed by atoms with Crippen LogP contribution in [0.4, 0.5) is 0 Å². The van der Waals surface area contributed by atoms with Gasteiger partial charge in [-0.3, -0.25) is 4.79 Å². The molecule has 1 aliphatic heterocycles. The van der Waals surface area contributed by atoms with E-state index in [0.29, 0.717) is 0 Å². The van der Waals surface area contributed by atoms with Gasteiger partial charge >= 0.3 is 0 Å². The Balaban J connectivity index is 2.35. The summed E-state index contributed by atoms with van der Waals surface area (Å²) in [6.45, 7) is 1.68. The minimum absolute atomic E-state index is 0.0895. The molecule has 1 rings (SSSR count). The molecule has 0 spiro atoms. The summed E-state index contributed by atoms with van der Waals surface area (Å²) in [5.41, 5.74) is 0. The number of ketones is 1. The maximum Gasteiger partial charge on any atom is 0.158 e. The number of allylic oxidation sites excluding steroid dienone is 2. The second kappa shape index (κ2) is 10.9. The molecule has 4 N–H and O–H groups in total. The van der Waals surface area contributed by atoms with Crippen LogP contribution in [0.5, 0.6) is 0 Å².